The van der Waals surface area contributed by atoms with E-state index in [-0.39, 0.29) is 17.5 Å². The molecule has 4 rings (SSSR count). The number of pyridine rings is 2. The molecule has 0 amide bonds. The van der Waals surface area contributed by atoms with Crippen LogP contribution < -0.4 is 15.0 Å². The van der Waals surface area contributed by atoms with E-state index in [1.165, 1.54) is 18.3 Å². The lowest BCUT2D eigenvalue weighted by Gasteiger charge is -2.23. The topological polar surface area (TPSA) is 67.6 Å². The Balaban J connectivity index is 1.48. The lowest BCUT2D eigenvalue weighted by atomic mass is 9.99. The quantitative estimate of drug-likeness (QED) is 0.366. The highest BCUT2D eigenvalue weighted by Crippen LogP contribution is 2.33. The van der Waals surface area contributed by atoms with Crippen LogP contribution in [0.1, 0.15) is 12.1 Å². The van der Waals surface area contributed by atoms with Crippen molar-refractivity contribution >= 4 is 17.3 Å². The lowest BCUT2D eigenvalue weighted by Crippen LogP contribution is -2.30. The average molecular weight is 504 g/mol. The van der Waals surface area contributed by atoms with Gasteiger partial charge in [0.25, 0.3) is 0 Å². The van der Waals surface area contributed by atoms with Gasteiger partial charge in [-0.15, -0.1) is 11.7 Å². The Morgan fingerprint density at radius 2 is 1.97 bits per heavy atom. The Hall–Kier alpha value is -3.58. The number of alkyl halides is 7. The van der Waals surface area contributed by atoms with Crippen LogP contribution >= 0.6 is 0 Å². The van der Waals surface area contributed by atoms with E-state index in [1.807, 2.05) is 0 Å². The molecule has 3 aromatic rings. The van der Waals surface area contributed by atoms with E-state index in [0.29, 0.717) is 25.2 Å². The van der Waals surface area contributed by atoms with Gasteiger partial charge in [-0.3, -0.25) is 4.98 Å². The molecule has 0 aromatic carbocycles. The van der Waals surface area contributed by atoms with Crippen molar-refractivity contribution in [3.63, 3.8) is 0 Å². The summed E-state index contributed by atoms with van der Waals surface area (Å²) in [6.45, 7) is 4.68. The number of hydrogen-bond acceptors (Lipinski definition) is 6. The van der Waals surface area contributed by atoms with Crippen LogP contribution in [0.2, 0.25) is 0 Å². The zero-order valence-electron chi connectivity index (χ0n) is 17.9. The second kappa shape index (κ2) is 9.23. The van der Waals surface area contributed by atoms with Crippen molar-refractivity contribution in [3.8, 4) is 5.75 Å². The van der Waals surface area contributed by atoms with E-state index >= 15 is 0 Å². The number of nitrogens with zero attached hydrogens (tertiary/aromatic N) is 5. The number of fused-ring (bicyclic) bond motifs is 1. The predicted molar refractivity (Wildman–Crippen MR) is 112 cm³/mol. The summed E-state index contributed by atoms with van der Waals surface area (Å²) in [6.07, 6.45) is -8.57. The molecule has 0 spiro atoms. The Morgan fingerprint density at radius 1 is 1.20 bits per heavy atom. The Kier molecular flexibility index (Phi) is 6.47. The van der Waals surface area contributed by atoms with Gasteiger partial charge in [0.2, 0.25) is 5.95 Å². The van der Waals surface area contributed by atoms with Crippen LogP contribution in [-0.2, 0) is 6.18 Å². The molecule has 14 heteroatoms. The fourth-order valence-electron chi connectivity index (χ4n) is 3.82. The molecule has 3 aromatic heterocycles. The fourth-order valence-corrected chi connectivity index (χ4v) is 3.82. The predicted octanol–water partition coefficient (Wildman–Crippen LogP) is 4.87. The Labute approximate surface area is 194 Å². The van der Waals surface area contributed by atoms with Gasteiger partial charge in [-0.25, -0.2) is 4.52 Å². The molecule has 7 nitrogen and oxygen atoms in total. The molecule has 1 aliphatic heterocycles. The van der Waals surface area contributed by atoms with Gasteiger partial charge in [0.05, 0.1) is 6.04 Å². The molecule has 0 bridgehead atoms. The summed E-state index contributed by atoms with van der Waals surface area (Å²) in [5.74, 6) is -0.494. The summed E-state index contributed by atoms with van der Waals surface area (Å²) < 4.78 is 95.5. The Bertz CT molecular complexity index is 1190. The zero-order valence-corrected chi connectivity index (χ0v) is 17.9. The summed E-state index contributed by atoms with van der Waals surface area (Å²) in [4.78, 5) is 9.27. The van der Waals surface area contributed by atoms with Gasteiger partial charge in [-0.05, 0) is 30.7 Å². The summed E-state index contributed by atoms with van der Waals surface area (Å²) in [7, 11) is 0. The Morgan fingerprint density at radius 3 is 2.66 bits per heavy atom. The smallest absolute Gasteiger partial charge is 0.448 e. The maximum Gasteiger partial charge on any atom is 0.457 e. The van der Waals surface area contributed by atoms with Gasteiger partial charge in [-0.1, -0.05) is 6.08 Å². The SMILES string of the molecule is C=C[C@@H](Nc1nc2c(OC(F)C(F)(F)F)cccn2n1)C1CCN(c2ccnc(C(F)(F)F)c2)C1. The minimum Gasteiger partial charge on any atom is -0.448 e. The van der Waals surface area contributed by atoms with Crippen molar-refractivity contribution in [1.29, 1.82) is 0 Å². The number of anilines is 2. The van der Waals surface area contributed by atoms with Crippen molar-refractivity contribution in [2.75, 3.05) is 23.3 Å². The van der Waals surface area contributed by atoms with Gasteiger partial charge < -0.3 is 15.0 Å². The highest BCUT2D eigenvalue weighted by atomic mass is 19.4. The zero-order chi connectivity index (χ0) is 25.4. The summed E-state index contributed by atoms with van der Waals surface area (Å²) in [5.41, 5.74) is -0.727. The molecule has 0 saturated carbocycles. The third-order valence-corrected chi connectivity index (χ3v) is 5.50. The molecule has 2 unspecified atom stereocenters. The molecule has 35 heavy (non-hydrogen) atoms. The monoisotopic (exact) mass is 504 g/mol. The molecular formula is C21H19F7N6O. The second-order valence-corrected chi connectivity index (χ2v) is 7.85. The van der Waals surface area contributed by atoms with Crippen LogP contribution in [0.3, 0.4) is 0 Å². The van der Waals surface area contributed by atoms with Gasteiger partial charge in [0, 0.05) is 37.1 Å². The molecule has 0 aliphatic carbocycles. The van der Waals surface area contributed by atoms with Gasteiger partial charge in [0.1, 0.15) is 5.69 Å². The molecule has 1 fully saturated rings. The largest absolute Gasteiger partial charge is 0.457 e. The van der Waals surface area contributed by atoms with Crippen LogP contribution in [-0.4, -0.2) is 51.2 Å². The van der Waals surface area contributed by atoms with E-state index in [4.69, 9.17) is 0 Å². The first kappa shape index (κ1) is 24.5. The molecule has 1 N–H and O–H groups in total. The van der Waals surface area contributed by atoms with E-state index in [9.17, 15) is 30.7 Å². The van der Waals surface area contributed by atoms with Crippen molar-refractivity contribution in [3.05, 3.63) is 55.0 Å². The van der Waals surface area contributed by atoms with Crippen molar-refractivity contribution in [2.45, 2.75) is 31.2 Å². The highest BCUT2D eigenvalue weighted by molar-refractivity contribution is 5.56. The van der Waals surface area contributed by atoms with E-state index in [0.717, 1.165) is 22.8 Å². The summed E-state index contributed by atoms with van der Waals surface area (Å²) in [5, 5.41) is 7.16. The molecule has 3 atom stereocenters. The van der Waals surface area contributed by atoms with Crippen LogP contribution in [0.15, 0.2) is 49.3 Å². The van der Waals surface area contributed by atoms with Gasteiger partial charge in [-0.2, -0.15) is 35.7 Å². The molecule has 188 valence electrons. The second-order valence-electron chi connectivity index (χ2n) is 7.85. The molecule has 1 aliphatic rings. The van der Waals surface area contributed by atoms with E-state index < -0.39 is 36.2 Å². The average Bonchev–Trinajstić information content (AvgIpc) is 3.44. The molecule has 1 saturated heterocycles. The number of hydrogen-bond donors (Lipinski definition) is 1. The summed E-state index contributed by atoms with van der Waals surface area (Å²) >= 11 is 0. The third kappa shape index (κ3) is 5.41. The standard InChI is InChI=1S/C21H19F7N6O/c1-2-14(12-6-9-33(11-12)13-5-7-29-16(10-13)20(23,24)25)30-19-31-17-15(4-3-8-34(17)32-19)35-18(22)21(26,27)28/h2-5,7-8,10,12,14,18H,1,6,9,11H2,(H,30,32)/t12?,14-,18?/m1/s1. The number of aromatic nitrogens is 4. The fraction of sp³-hybridized carbons (Fsp3) is 0.381. The number of halogens is 7. The third-order valence-electron chi connectivity index (χ3n) is 5.50. The number of rotatable bonds is 7. The molecular weight excluding hydrogens is 485 g/mol. The molecule has 0 radical (unpaired) electrons. The maximum absolute atomic E-state index is 13.4. The van der Waals surface area contributed by atoms with Crippen LogP contribution in [0.4, 0.5) is 42.4 Å². The van der Waals surface area contributed by atoms with Crippen molar-refractivity contribution in [2.24, 2.45) is 5.92 Å². The lowest BCUT2D eigenvalue weighted by molar-refractivity contribution is -0.236. The van der Waals surface area contributed by atoms with Gasteiger partial charge in [0.15, 0.2) is 11.4 Å². The molecule has 4 heterocycles. The van der Waals surface area contributed by atoms with Crippen molar-refractivity contribution in [1.82, 2.24) is 19.6 Å². The van der Waals surface area contributed by atoms with E-state index in [2.05, 4.69) is 31.7 Å². The highest BCUT2D eigenvalue weighted by Gasteiger charge is 2.43. The first-order valence-electron chi connectivity index (χ1n) is 10.4. The number of nitrogens with one attached hydrogen (secondary N) is 1. The first-order chi connectivity index (χ1) is 16.5. The minimum absolute atomic E-state index is 0.0371. The number of ether oxygens (including phenoxy) is 1. The van der Waals surface area contributed by atoms with Crippen molar-refractivity contribution < 1.29 is 35.5 Å². The first-order valence-corrected chi connectivity index (χ1v) is 10.4. The van der Waals surface area contributed by atoms with E-state index in [1.54, 1.807) is 11.0 Å². The van der Waals surface area contributed by atoms with Crippen LogP contribution in [0.5, 0.6) is 5.75 Å². The van der Waals surface area contributed by atoms with Gasteiger partial charge >= 0.3 is 18.7 Å². The summed E-state index contributed by atoms with van der Waals surface area (Å²) in [6, 6.07) is 4.54. The van der Waals surface area contributed by atoms with Crippen LogP contribution in [0, 0.1) is 5.92 Å². The van der Waals surface area contributed by atoms with Crippen LogP contribution in [0.25, 0.3) is 5.65 Å². The maximum atomic E-state index is 13.4. The normalized spacial score (nSPS) is 18.5. The minimum atomic E-state index is -5.20.